The Kier molecular flexibility index (Phi) is 7.16. The monoisotopic (exact) mass is 335 g/mol. The van der Waals surface area contributed by atoms with Crippen LogP contribution in [0.25, 0.3) is 0 Å². The average molecular weight is 335 g/mol. The molecular formula is C19H30FN3O. The van der Waals surface area contributed by atoms with Gasteiger partial charge in [-0.25, -0.2) is 9.37 Å². The molecule has 1 atom stereocenters. The predicted molar refractivity (Wildman–Crippen MR) is 96.1 cm³/mol. The van der Waals surface area contributed by atoms with Crippen LogP contribution in [0.5, 0.6) is 0 Å². The van der Waals surface area contributed by atoms with Crippen LogP contribution in [0.4, 0.5) is 10.2 Å². The summed E-state index contributed by atoms with van der Waals surface area (Å²) >= 11 is 0. The highest BCUT2D eigenvalue weighted by molar-refractivity contribution is 5.72. The molecule has 1 fully saturated rings. The summed E-state index contributed by atoms with van der Waals surface area (Å²) in [6.45, 7) is 8.56. The van der Waals surface area contributed by atoms with E-state index < -0.39 is 0 Å². The molecule has 0 aliphatic carbocycles. The van der Waals surface area contributed by atoms with Crippen molar-refractivity contribution < 1.29 is 9.18 Å². The number of rotatable bonds is 10. The largest absolute Gasteiger partial charge is 0.353 e. The van der Waals surface area contributed by atoms with E-state index >= 15 is 0 Å². The van der Waals surface area contributed by atoms with Gasteiger partial charge in [-0.15, -0.1) is 0 Å². The van der Waals surface area contributed by atoms with Gasteiger partial charge in [0.15, 0.2) is 17.9 Å². The molecule has 1 aliphatic heterocycles. The SMILES string of the molecule is CCCN(C)CCC(C)CCC1CN(c2nc(C=O)ccc2F)C1. The second-order valence-corrected chi connectivity index (χ2v) is 7.20. The minimum Gasteiger partial charge on any atom is -0.353 e. The predicted octanol–water partition coefficient (Wildman–Crippen LogP) is 3.62. The zero-order valence-corrected chi connectivity index (χ0v) is 15.2. The van der Waals surface area contributed by atoms with Gasteiger partial charge < -0.3 is 9.80 Å². The van der Waals surface area contributed by atoms with Crippen molar-refractivity contribution in [1.82, 2.24) is 9.88 Å². The van der Waals surface area contributed by atoms with Crippen molar-refractivity contribution >= 4 is 12.1 Å². The van der Waals surface area contributed by atoms with Crippen molar-refractivity contribution in [3.05, 3.63) is 23.6 Å². The molecule has 134 valence electrons. The Bertz CT molecular complexity index is 531. The first-order valence-corrected chi connectivity index (χ1v) is 9.08. The molecule has 2 heterocycles. The van der Waals surface area contributed by atoms with Crippen molar-refractivity contribution in [2.75, 3.05) is 38.1 Å². The van der Waals surface area contributed by atoms with Gasteiger partial charge in [-0.05, 0) is 63.4 Å². The minimum absolute atomic E-state index is 0.291. The highest BCUT2D eigenvalue weighted by atomic mass is 19.1. The van der Waals surface area contributed by atoms with Gasteiger partial charge in [0, 0.05) is 13.1 Å². The van der Waals surface area contributed by atoms with E-state index in [1.54, 1.807) is 0 Å². The summed E-state index contributed by atoms with van der Waals surface area (Å²) in [6.07, 6.45) is 5.52. The lowest BCUT2D eigenvalue weighted by atomic mass is 9.89. The Morgan fingerprint density at radius 2 is 2.12 bits per heavy atom. The van der Waals surface area contributed by atoms with Gasteiger partial charge in [-0.2, -0.15) is 0 Å². The fourth-order valence-corrected chi connectivity index (χ4v) is 3.26. The van der Waals surface area contributed by atoms with Crippen molar-refractivity contribution in [3.63, 3.8) is 0 Å². The van der Waals surface area contributed by atoms with Gasteiger partial charge in [0.2, 0.25) is 0 Å². The van der Waals surface area contributed by atoms with Crippen LogP contribution in [-0.2, 0) is 0 Å². The Morgan fingerprint density at radius 1 is 1.38 bits per heavy atom. The second kappa shape index (κ2) is 9.11. The number of pyridine rings is 1. The number of halogens is 1. The molecule has 24 heavy (non-hydrogen) atoms. The molecule has 1 aromatic rings. The third-order valence-electron chi connectivity index (χ3n) is 4.90. The lowest BCUT2D eigenvalue weighted by molar-refractivity contribution is 0.111. The Morgan fingerprint density at radius 3 is 2.79 bits per heavy atom. The van der Waals surface area contributed by atoms with Gasteiger partial charge in [0.1, 0.15) is 5.69 Å². The normalized spacial score (nSPS) is 16.3. The zero-order chi connectivity index (χ0) is 17.5. The molecule has 0 radical (unpaired) electrons. The van der Waals surface area contributed by atoms with E-state index in [4.69, 9.17) is 0 Å². The fraction of sp³-hybridized carbons (Fsp3) is 0.684. The summed E-state index contributed by atoms with van der Waals surface area (Å²) in [4.78, 5) is 19.2. The van der Waals surface area contributed by atoms with Gasteiger partial charge >= 0.3 is 0 Å². The summed E-state index contributed by atoms with van der Waals surface area (Å²) in [5.41, 5.74) is 0.291. The van der Waals surface area contributed by atoms with Crippen LogP contribution >= 0.6 is 0 Å². The number of carbonyl (C=O) groups excluding carboxylic acids is 1. The molecule has 1 aromatic heterocycles. The van der Waals surface area contributed by atoms with Crippen LogP contribution in [0.3, 0.4) is 0 Å². The number of nitrogens with zero attached hydrogens (tertiary/aromatic N) is 3. The molecule has 0 spiro atoms. The third-order valence-corrected chi connectivity index (χ3v) is 4.90. The molecule has 0 aromatic carbocycles. The molecule has 1 aliphatic rings. The van der Waals surface area contributed by atoms with Gasteiger partial charge in [-0.1, -0.05) is 20.3 Å². The summed E-state index contributed by atoms with van der Waals surface area (Å²) in [6, 6.07) is 2.74. The van der Waals surface area contributed by atoms with Crippen LogP contribution in [0.1, 0.15) is 50.0 Å². The Hall–Kier alpha value is -1.49. The molecule has 1 saturated heterocycles. The summed E-state index contributed by atoms with van der Waals surface area (Å²) < 4.78 is 13.8. The Balaban J connectivity index is 1.69. The molecule has 0 amide bonds. The number of hydrogen-bond acceptors (Lipinski definition) is 4. The number of aromatic nitrogens is 1. The Labute approximate surface area is 145 Å². The van der Waals surface area contributed by atoms with Crippen molar-refractivity contribution in [3.8, 4) is 0 Å². The van der Waals surface area contributed by atoms with Gasteiger partial charge in [-0.3, -0.25) is 4.79 Å². The van der Waals surface area contributed by atoms with E-state index in [1.807, 2.05) is 4.90 Å². The molecule has 5 heteroatoms. The fourth-order valence-electron chi connectivity index (χ4n) is 3.26. The van der Waals surface area contributed by atoms with Crippen LogP contribution in [0.15, 0.2) is 12.1 Å². The smallest absolute Gasteiger partial charge is 0.168 e. The maximum atomic E-state index is 13.8. The van der Waals surface area contributed by atoms with E-state index in [1.165, 1.54) is 50.9 Å². The standard InChI is InChI=1S/C19H30FN3O/c1-4-10-22(3)11-9-15(2)5-6-16-12-23(13-16)19-18(20)8-7-17(14-24)21-19/h7-8,14-16H,4-6,9-13H2,1-3H3. The molecule has 4 nitrogen and oxygen atoms in total. The molecule has 0 bridgehead atoms. The highest BCUT2D eigenvalue weighted by Crippen LogP contribution is 2.29. The second-order valence-electron chi connectivity index (χ2n) is 7.20. The van der Waals surface area contributed by atoms with E-state index in [0.29, 0.717) is 23.7 Å². The number of hydrogen-bond donors (Lipinski definition) is 0. The first-order valence-electron chi connectivity index (χ1n) is 9.08. The van der Waals surface area contributed by atoms with Crippen LogP contribution < -0.4 is 4.90 Å². The number of carbonyl (C=O) groups is 1. The minimum atomic E-state index is -0.341. The first-order chi connectivity index (χ1) is 11.5. The zero-order valence-electron chi connectivity index (χ0n) is 15.2. The molecule has 1 unspecified atom stereocenters. The maximum Gasteiger partial charge on any atom is 0.168 e. The average Bonchev–Trinajstić information content (AvgIpc) is 2.53. The quantitative estimate of drug-likeness (QED) is 0.612. The molecule has 0 saturated carbocycles. The van der Waals surface area contributed by atoms with Crippen LogP contribution in [-0.4, -0.2) is 49.4 Å². The van der Waals surface area contributed by atoms with Gasteiger partial charge in [0.05, 0.1) is 0 Å². The third kappa shape index (κ3) is 5.26. The van der Waals surface area contributed by atoms with Crippen molar-refractivity contribution in [1.29, 1.82) is 0 Å². The van der Waals surface area contributed by atoms with E-state index in [2.05, 4.69) is 30.8 Å². The molecular weight excluding hydrogens is 305 g/mol. The molecule has 0 N–H and O–H groups in total. The lowest BCUT2D eigenvalue weighted by Crippen LogP contribution is -2.47. The van der Waals surface area contributed by atoms with Gasteiger partial charge in [0.25, 0.3) is 0 Å². The van der Waals surface area contributed by atoms with E-state index in [-0.39, 0.29) is 5.82 Å². The molecule has 2 rings (SSSR count). The maximum absolute atomic E-state index is 13.8. The van der Waals surface area contributed by atoms with Crippen LogP contribution in [0.2, 0.25) is 0 Å². The number of anilines is 1. The van der Waals surface area contributed by atoms with Crippen molar-refractivity contribution in [2.24, 2.45) is 11.8 Å². The summed E-state index contributed by atoms with van der Waals surface area (Å²) in [5.74, 6) is 1.32. The van der Waals surface area contributed by atoms with E-state index in [0.717, 1.165) is 19.0 Å². The van der Waals surface area contributed by atoms with E-state index in [9.17, 15) is 9.18 Å². The number of aldehydes is 1. The summed E-state index contributed by atoms with van der Waals surface area (Å²) in [5, 5.41) is 0. The van der Waals surface area contributed by atoms with Crippen molar-refractivity contribution in [2.45, 2.75) is 39.5 Å². The summed E-state index contributed by atoms with van der Waals surface area (Å²) in [7, 11) is 2.19. The topological polar surface area (TPSA) is 36.4 Å². The van der Waals surface area contributed by atoms with Crippen LogP contribution in [0, 0.1) is 17.7 Å². The highest BCUT2D eigenvalue weighted by Gasteiger charge is 2.29. The lowest BCUT2D eigenvalue weighted by Gasteiger charge is -2.40. The first kappa shape index (κ1) is 18.8.